The van der Waals surface area contributed by atoms with Crippen LogP contribution in [0.5, 0.6) is 5.75 Å². The molecule has 1 aromatic carbocycles. The number of fused-ring (bicyclic) bond motifs is 1. The molecule has 4 rings (SSSR count). The summed E-state index contributed by atoms with van der Waals surface area (Å²) < 4.78 is 7.53. The number of pyridine rings is 1. The highest BCUT2D eigenvalue weighted by molar-refractivity contribution is 7.15. The number of ether oxygens (including phenoxy) is 1. The van der Waals surface area contributed by atoms with Gasteiger partial charge in [0.25, 0.3) is 5.56 Å². The molecule has 0 fully saturated rings. The van der Waals surface area contributed by atoms with Crippen LogP contribution >= 0.6 is 11.3 Å². The topological polar surface area (TPSA) is 69.4 Å². The highest BCUT2D eigenvalue weighted by Gasteiger charge is 2.11. The quantitative estimate of drug-likeness (QED) is 0.544. The number of aromatic nitrogens is 4. The average molecular weight is 364 g/mol. The molecule has 0 aliphatic carbocycles. The van der Waals surface area contributed by atoms with E-state index in [-0.39, 0.29) is 5.56 Å². The fraction of sp³-hybridized carbons (Fsp3) is 0.158. The van der Waals surface area contributed by atoms with Gasteiger partial charge in [0.15, 0.2) is 5.82 Å². The molecular formula is C19H16N4O2S. The van der Waals surface area contributed by atoms with Crippen LogP contribution in [0.1, 0.15) is 18.9 Å². The summed E-state index contributed by atoms with van der Waals surface area (Å²) in [6, 6.07) is 11.3. The van der Waals surface area contributed by atoms with Crippen LogP contribution in [-0.4, -0.2) is 26.2 Å². The van der Waals surface area contributed by atoms with Gasteiger partial charge in [0.2, 0.25) is 4.96 Å². The molecule has 0 spiro atoms. The molecule has 7 heteroatoms. The van der Waals surface area contributed by atoms with Crippen LogP contribution in [0.15, 0.2) is 53.6 Å². The molecular weight excluding hydrogens is 348 g/mol. The van der Waals surface area contributed by atoms with Crippen molar-refractivity contribution >= 4 is 22.4 Å². The summed E-state index contributed by atoms with van der Waals surface area (Å²) in [6.45, 7) is 2.76. The van der Waals surface area contributed by atoms with Crippen LogP contribution in [0.25, 0.3) is 22.4 Å². The summed E-state index contributed by atoms with van der Waals surface area (Å²) in [5.74, 6) is 1.36. The summed E-state index contributed by atoms with van der Waals surface area (Å²) in [4.78, 5) is 21.6. The second kappa shape index (κ2) is 7.05. The molecule has 130 valence electrons. The first-order valence-corrected chi connectivity index (χ1v) is 9.11. The molecule has 0 saturated heterocycles. The highest BCUT2D eigenvalue weighted by Crippen LogP contribution is 2.16. The number of benzene rings is 1. The van der Waals surface area contributed by atoms with Gasteiger partial charge in [0.1, 0.15) is 5.75 Å². The van der Waals surface area contributed by atoms with Crippen LogP contribution in [0.4, 0.5) is 0 Å². The Balaban J connectivity index is 1.67. The predicted octanol–water partition coefficient (Wildman–Crippen LogP) is 2.55. The summed E-state index contributed by atoms with van der Waals surface area (Å²) in [6.07, 6.45) is 6.17. The van der Waals surface area contributed by atoms with Gasteiger partial charge in [-0.3, -0.25) is 9.78 Å². The summed E-state index contributed by atoms with van der Waals surface area (Å²) in [5, 5.41) is 4.33. The zero-order chi connectivity index (χ0) is 17.9. The Morgan fingerprint density at radius 2 is 1.92 bits per heavy atom. The Bertz CT molecular complexity index is 1130. The van der Waals surface area contributed by atoms with Crippen LogP contribution < -0.4 is 14.8 Å². The van der Waals surface area contributed by atoms with Crippen molar-refractivity contribution in [3.63, 3.8) is 0 Å². The van der Waals surface area contributed by atoms with Crippen molar-refractivity contribution < 1.29 is 4.74 Å². The smallest absolute Gasteiger partial charge is 0.291 e. The molecule has 26 heavy (non-hydrogen) atoms. The van der Waals surface area contributed by atoms with E-state index in [9.17, 15) is 4.79 Å². The van der Waals surface area contributed by atoms with E-state index in [4.69, 9.17) is 4.74 Å². The van der Waals surface area contributed by atoms with E-state index in [0.29, 0.717) is 21.9 Å². The number of hydrogen-bond acceptors (Lipinski definition) is 6. The van der Waals surface area contributed by atoms with E-state index in [0.717, 1.165) is 23.3 Å². The van der Waals surface area contributed by atoms with Crippen LogP contribution in [0, 0.1) is 0 Å². The first kappa shape index (κ1) is 16.4. The molecule has 0 radical (unpaired) electrons. The molecule has 0 bridgehead atoms. The fourth-order valence-corrected chi connectivity index (χ4v) is 3.40. The van der Waals surface area contributed by atoms with Crippen molar-refractivity contribution in [2.75, 3.05) is 6.61 Å². The van der Waals surface area contributed by atoms with Crippen molar-refractivity contribution in [1.82, 2.24) is 19.6 Å². The molecule has 0 unspecified atom stereocenters. The maximum atomic E-state index is 12.6. The van der Waals surface area contributed by atoms with Gasteiger partial charge in [-0.2, -0.15) is 9.50 Å². The maximum Gasteiger partial charge on any atom is 0.291 e. The maximum absolute atomic E-state index is 12.6. The third-order valence-electron chi connectivity index (χ3n) is 3.77. The lowest BCUT2D eigenvalue weighted by Gasteiger charge is -2.03. The number of nitrogens with zero attached hydrogens (tertiary/aromatic N) is 4. The predicted molar refractivity (Wildman–Crippen MR) is 101 cm³/mol. The monoisotopic (exact) mass is 364 g/mol. The highest BCUT2D eigenvalue weighted by atomic mass is 32.1. The molecule has 0 atom stereocenters. The minimum Gasteiger partial charge on any atom is -0.494 e. The molecule has 4 aromatic rings. The van der Waals surface area contributed by atoms with Crippen LogP contribution in [-0.2, 0) is 0 Å². The molecule has 0 N–H and O–H groups in total. The van der Waals surface area contributed by atoms with Gasteiger partial charge in [-0.15, -0.1) is 5.10 Å². The zero-order valence-electron chi connectivity index (χ0n) is 14.1. The summed E-state index contributed by atoms with van der Waals surface area (Å²) in [5.41, 5.74) is 1.61. The average Bonchev–Trinajstić information content (AvgIpc) is 3.22. The van der Waals surface area contributed by atoms with Crippen molar-refractivity contribution in [2.24, 2.45) is 0 Å². The summed E-state index contributed by atoms with van der Waals surface area (Å²) >= 11 is 1.33. The zero-order valence-corrected chi connectivity index (χ0v) is 14.9. The van der Waals surface area contributed by atoms with Crippen LogP contribution in [0.2, 0.25) is 0 Å². The van der Waals surface area contributed by atoms with Crippen molar-refractivity contribution in [1.29, 1.82) is 0 Å². The Labute approximate surface area is 153 Å². The van der Waals surface area contributed by atoms with Gasteiger partial charge in [0.05, 0.1) is 11.1 Å². The van der Waals surface area contributed by atoms with Gasteiger partial charge in [0, 0.05) is 18.0 Å². The molecule has 0 aliphatic heterocycles. The lowest BCUT2D eigenvalue weighted by Crippen LogP contribution is -2.23. The Morgan fingerprint density at radius 1 is 1.15 bits per heavy atom. The van der Waals surface area contributed by atoms with E-state index in [1.807, 2.05) is 42.5 Å². The fourth-order valence-electron chi connectivity index (χ4n) is 2.49. The minimum atomic E-state index is -0.163. The molecule has 3 heterocycles. The van der Waals surface area contributed by atoms with E-state index in [1.165, 1.54) is 15.9 Å². The Kier molecular flexibility index (Phi) is 4.45. The number of rotatable bonds is 5. The van der Waals surface area contributed by atoms with E-state index in [2.05, 4.69) is 22.0 Å². The lowest BCUT2D eigenvalue weighted by atomic mass is 10.2. The normalized spacial score (nSPS) is 12.0. The first-order chi connectivity index (χ1) is 12.7. The third-order valence-corrected chi connectivity index (χ3v) is 4.73. The van der Waals surface area contributed by atoms with Crippen molar-refractivity contribution in [2.45, 2.75) is 13.3 Å². The third kappa shape index (κ3) is 3.21. The summed E-state index contributed by atoms with van der Waals surface area (Å²) in [7, 11) is 0. The van der Waals surface area contributed by atoms with Gasteiger partial charge in [-0.25, -0.2) is 0 Å². The molecule has 0 saturated carbocycles. The Hall–Kier alpha value is -3.06. The van der Waals surface area contributed by atoms with E-state index in [1.54, 1.807) is 12.4 Å². The van der Waals surface area contributed by atoms with E-state index < -0.39 is 0 Å². The van der Waals surface area contributed by atoms with Crippen molar-refractivity contribution in [3.8, 4) is 17.1 Å². The molecule has 0 amide bonds. The van der Waals surface area contributed by atoms with Gasteiger partial charge >= 0.3 is 0 Å². The lowest BCUT2D eigenvalue weighted by molar-refractivity contribution is 0.317. The first-order valence-electron chi connectivity index (χ1n) is 8.29. The largest absolute Gasteiger partial charge is 0.494 e. The van der Waals surface area contributed by atoms with Gasteiger partial charge in [-0.1, -0.05) is 30.4 Å². The number of thiazole rings is 1. The second-order valence-corrected chi connectivity index (χ2v) is 6.71. The molecule has 0 aliphatic rings. The SMILES string of the molecule is CCCOc1ccc(/C=c2\sc3nc(-c4ccncc4)nn3c2=O)cc1. The Morgan fingerprint density at radius 3 is 2.62 bits per heavy atom. The molecule has 3 aromatic heterocycles. The minimum absolute atomic E-state index is 0.163. The molecule has 6 nitrogen and oxygen atoms in total. The second-order valence-electron chi connectivity index (χ2n) is 5.70. The van der Waals surface area contributed by atoms with Gasteiger partial charge < -0.3 is 4.74 Å². The van der Waals surface area contributed by atoms with Crippen molar-refractivity contribution in [3.05, 3.63) is 69.2 Å². The standard InChI is InChI=1S/C19H16N4O2S/c1-2-11-25-15-5-3-13(4-6-15)12-16-18(24)23-19(26-16)21-17(22-23)14-7-9-20-10-8-14/h3-10,12H,2,11H2,1H3/b16-12-. The number of hydrogen-bond donors (Lipinski definition) is 0. The van der Waals surface area contributed by atoms with E-state index >= 15 is 0 Å². The van der Waals surface area contributed by atoms with Gasteiger partial charge in [-0.05, 0) is 42.3 Å². The van der Waals surface area contributed by atoms with Crippen LogP contribution in [0.3, 0.4) is 0 Å².